The molecule has 2 aliphatic rings. The molecule has 0 atom stereocenters. The number of nitrogens with zero attached hydrogens (tertiary/aromatic N) is 3. The molecule has 1 saturated heterocycles. The van der Waals surface area contributed by atoms with E-state index >= 15 is 0 Å². The zero-order valence-corrected chi connectivity index (χ0v) is 22.7. The van der Waals surface area contributed by atoms with E-state index in [1.165, 1.54) is 18.2 Å². The first kappa shape index (κ1) is 30.6. The molecule has 0 unspecified atom stereocenters. The number of anilines is 2. The Morgan fingerprint density at radius 1 is 0.878 bits per heavy atom. The van der Waals surface area contributed by atoms with Crippen molar-refractivity contribution in [3.63, 3.8) is 0 Å². The number of benzene rings is 2. The van der Waals surface area contributed by atoms with Gasteiger partial charge in [0.15, 0.2) is 0 Å². The fourth-order valence-corrected chi connectivity index (χ4v) is 5.37. The van der Waals surface area contributed by atoms with Gasteiger partial charge >= 0.3 is 12.4 Å². The average molecular weight is 587 g/mol. The molecule has 0 bridgehead atoms. The Morgan fingerprint density at radius 3 is 2.02 bits per heavy atom. The number of amides is 1. The van der Waals surface area contributed by atoms with Crippen LogP contribution >= 0.6 is 0 Å². The van der Waals surface area contributed by atoms with Gasteiger partial charge in [0.2, 0.25) is 0 Å². The standard InChI is InChI=1S/C28H32F6N4O3/c1-26(2,25(39)38-15-13-37(14-16-38)21-8-3-18(4-9-21)27(29,30)31)41-22-10-5-19(6-11-22)35-20-7-12-24(36-40)23(17-20)28(32,33)34/h3-4,7-9,12,17,19,22,35H,5-6,10-11,13-16H2,1-2H3. The molecule has 4 rings (SSSR count). The highest BCUT2D eigenvalue weighted by atomic mass is 19.4. The van der Waals surface area contributed by atoms with Gasteiger partial charge in [-0.15, -0.1) is 4.91 Å². The van der Waals surface area contributed by atoms with Gasteiger partial charge < -0.3 is 19.9 Å². The van der Waals surface area contributed by atoms with E-state index in [9.17, 15) is 36.0 Å². The molecule has 1 heterocycles. The van der Waals surface area contributed by atoms with Gasteiger partial charge in [-0.1, -0.05) is 0 Å². The molecule has 1 aliphatic carbocycles. The van der Waals surface area contributed by atoms with E-state index in [2.05, 4.69) is 10.5 Å². The molecule has 224 valence electrons. The smallest absolute Gasteiger partial charge is 0.382 e. The Labute approximate surface area is 233 Å². The van der Waals surface area contributed by atoms with Crippen LogP contribution in [0.2, 0.25) is 0 Å². The monoisotopic (exact) mass is 586 g/mol. The number of halogens is 6. The van der Waals surface area contributed by atoms with Crippen molar-refractivity contribution < 1.29 is 35.9 Å². The van der Waals surface area contributed by atoms with Crippen molar-refractivity contribution in [2.24, 2.45) is 5.18 Å². The first-order valence-electron chi connectivity index (χ1n) is 13.4. The minimum Gasteiger partial charge on any atom is -0.382 e. The number of rotatable bonds is 7. The lowest BCUT2D eigenvalue weighted by atomic mass is 9.92. The van der Waals surface area contributed by atoms with E-state index in [0.717, 1.165) is 24.3 Å². The van der Waals surface area contributed by atoms with Crippen LogP contribution in [0.1, 0.15) is 50.7 Å². The molecule has 0 aromatic heterocycles. The molecule has 2 aromatic rings. The number of hydrogen-bond donors (Lipinski definition) is 1. The summed E-state index contributed by atoms with van der Waals surface area (Å²) in [6.07, 6.45) is -6.84. The third-order valence-electron chi connectivity index (χ3n) is 7.55. The third kappa shape index (κ3) is 7.49. The number of nitrogens with one attached hydrogen (secondary N) is 1. The Bertz CT molecular complexity index is 1220. The molecule has 1 aliphatic heterocycles. The lowest BCUT2D eigenvalue weighted by Crippen LogP contribution is -2.55. The average Bonchev–Trinajstić information content (AvgIpc) is 2.93. The molecule has 2 fully saturated rings. The minimum atomic E-state index is -4.70. The number of nitroso groups, excluding NO2 is 1. The highest BCUT2D eigenvalue weighted by Gasteiger charge is 2.38. The van der Waals surface area contributed by atoms with E-state index in [-0.39, 0.29) is 23.7 Å². The fraction of sp³-hybridized carbons (Fsp3) is 0.536. The summed E-state index contributed by atoms with van der Waals surface area (Å²) in [6.45, 7) is 5.18. The van der Waals surface area contributed by atoms with Crippen LogP contribution in [0, 0.1) is 4.91 Å². The summed E-state index contributed by atoms with van der Waals surface area (Å²) in [6, 6.07) is 8.21. The van der Waals surface area contributed by atoms with Gasteiger partial charge in [0.25, 0.3) is 5.91 Å². The van der Waals surface area contributed by atoms with E-state index in [4.69, 9.17) is 4.74 Å². The molecule has 1 N–H and O–H groups in total. The zero-order chi connectivity index (χ0) is 30.0. The molecule has 41 heavy (non-hydrogen) atoms. The van der Waals surface area contributed by atoms with Crippen molar-refractivity contribution in [3.05, 3.63) is 58.5 Å². The van der Waals surface area contributed by atoms with Gasteiger partial charge in [-0.05, 0) is 87.2 Å². The molecular formula is C28H32F6N4O3. The molecule has 1 saturated carbocycles. The number of alkyl halides is 6. The van der Waals surface area contributed by atoms with Gasteiger partial charge in [0.05, 0.1) is 17.2 Å². The lowest BCUT2D eigenvalue weighted by Gasteiger charge is -2.41. The molecular weight excluding hydrogens is 554 g/mol. The van der Waals surface area contributed by atoms with Gasteiger partial charge in [-0.3, -0.25) is 4.79 Å². The first-order chi connectivity index (χ1) is 19.2. The second kappa shape index (κ2) is 11.9. The largest absolute Gasteiger partial charge is 0.418 e. The van der Waals surface area contributed by atoms with Crippen LogP contribution in [0.15, 0.2) is 47.6 Å². The lowest BCUT2D eigenvalue weighted by molar-refractivity contribution is -0.163. The predicted molar refractivity (Wildman–Crippen MR) is 142 cm³/mol. The van der Waals surface area contributed by atoms with Crippen LogP contribution in [0.5, 0.6) is 0 Å². The second-order valence-electron chi connectivity index (χ2n) is 10.9. The highest BCUT2D eigenvalue weighted by Crippen LogP contribution is 2.38. The molecule has 1 amide bonds. The number of piperazine rings is 1. The zero-order valence-electron chi connectivity index (χ0n) is 22.7. The van der Waals surface area contributed by atoms with Crippen LogP contribution in [0.25, 0.3) is 0 Å². The number of carbonyl (C=O) groups is 1. The highest BCUT2D eigenvalue weighted by molar-refractivity contribution is 5.84. The normalized spacial score (nSPS) is 20.6. The van der Waals surface area contributed by atoms with Gasteiger partial charge in [0.1, 0.15) is 11.3 Å². The Kier molecular flexibility index (Phi) is 8.86. The van der Waals surface area contributed by atoms with Crippen LogP contribution in [-0.2, 0) is 21.9 Å². The summed E-state index contributed by atoms with van der Waals surface area (Å²) >= 11 is 0. The number of ether oxygens (including phenoxy) is 1. The first-order valence-corrected chi connectivity index (χ1v) is 13.4. The SMILES string of the molecule is CC(C)(OC1CCC(Nc2ccc(N=O)c(C(F)(F)F)c2)CC1)C(=O)N1CCN(c2ccc(C(F)(F)F)cc2)CC1. The van der Waals surface area contributed by atoms with Crippen molar-refractivity contribution in [1.82, 2.24) is 4.90 Å². The van der Waals surface area contributed by atoms with Crippen molar-refractivity contribution in [3.8, 4) is 0 Å². The maximum atomic E-state index is 13.3. The van der Waals surface area contributed by atoms with Crippen molar-refractivity contribution in [1.29, 1.82) is 0 Å². The van der Waals surface area contributed by atoms with E-state index in [1.807, 2.05) is 4.90 Å². The predicted octanol–water partition coefficient (Wildman–Crippen LogP) is 6.99. The quantitative estimate of drug-likeness (QED) is 0.280. The van der Waals surface area contributed by atoms with Crippen LogP contribution in [0.4, 0.5) is 43.4 Å². The second-order valence-corrected chi connectivity index (χ2v) is 10.9. The maximum Gasteiger partial charge on any atom is 0.418 e. The summed E-state index contributed by atoms with van der Waals surface area (Å²) in [4.78, 5) is 27.7. The Hall–Kier alpha value is -3.35. The van der Waals surface area contributed by atoms with Gasteiger partial charge in [-0.25, -0.2) is 0 Å². The maximum absolute atomic E-state index is 13.3. The molecule has 7 nitrogen and oxygen atoms in total. The van der Waals surface area contributed by atoms with Gasteiger partial charge in [0, 0.05) is 43.6 Å². The summed E-state index contributed by atoms with van der Waals surface area (Å²) in [7, 11) is 0. The van der Waals surface area contributed by atoms with Gasteiger partial charge in [-0.2, -0.15) is 26.3 Å². The van der Waals surface area contributed by atoms with Crippen molar-refractivity contribution in [2.45, 2.75) is 69.6 Å². The molecule has 0 spiro atoms. The molecule has 2 aromatic carbocycles. The summed E-state index contributed by atoms with van der Waals surface area (Å²) in [5.74, 6) is -0.173. The number of hydrogen-bond acceptors (Lipinski definition) is 6. The Morgan fingerprint density at radius 2 is 1.49 bits per heavy atom. The van der Waals surface area contributed by atoms with Crippen molar-refractivity contribution >= 4 is 23.0 Å². The topological polar surface area (TPSA) is 74.2 Å². The molecule has 0 radical (unpaired) electrons. The van der Waals surface area contributed by atoms with E-state index in [1.54, 1.807) is 18.7 Å². The minimum absolute atomic E-state index is 0.0944. The summed E-state index contributed by atoms with van der Waals surface area (Å²) in [5.41, 5.74) is -2.64. The van der Waals surface area contributed by atoms with Crippen LogP contribution in [-0.4, -0.2) is 54.7 Å². The van der Waals surface area contributed by atoms with E-state index in [0.29, 0.717) is 57.5 Å². The van der Waals surface area contributed by atoms with Crippen molar-refractivity contribution in [2.75, 3.05) is 36.4 Å². The third-order valence-corrected chi connectivity index (χ3v) is 7.55. The molecule has 13 heteroatoms. The van der Waals surface area contributed by atoms with E-state index < -0.39 is 34.8 Å². The summed E-state index contributed by atoms with van der Waals surface area (Å²) < 4.78 is 84.5. The van der Waals surface area contributed by atoms with Crippen LogP contribution in [0.3, 0.4) is 0 Å². The number of carbonyl (C=O) groups excluding carboxylic acids is 1. The van der Waals surface area contributed by atoms with Crippen LogP contribution < -0.4 is 10.2 Å². The fourth-order valence-electron chi connectivity index (χ4n) is 5.37. The summed E-state index contributed by atoms with van der Waals surface area (Å²) in [5, 5.41) is 5.56. The Balaban J connectivity index is 1.26.